The maximum Gasteiger partial charge on any atom is 0.316 e. The van der Waals surface area contributed by atoms with Crippen LogP contribution in [0.3, 0.4) is 0 Å². The molecule has 0 spiro atoms. The van der Waals surface area contributed by atoms with E-state index in [9.17, 15) is 9.59 Å². The van der Waals surface area contributed by atoms with Crippen molar-refractivity contribution < 1.29 is 14.3 Å². The molecule has 35 heavy (non-hydrogen) atoms. The van der Waals surface area contributed by atoms with Gasteiger partial charge in [-0.25, -0.2) is 4.98 Å². The fourth-order valence-corrected chi connectivity index (χ4v) is 5.66. The van der Waals surface area contributed by atoms with Crippen molar-refractivity contribution in [3.8, 4) is 17.1 Å². The predicted octanol–water partition coefficient (Wildman–Crippen LogP) is 5.98. The number of benzene rings is 2. The molecule has 2 aromatic heterocycles. The molecule has 2 heterocycles. The van der Waals surface area contributed by atoms with Crippen LogP contribution in [0.4, 0.5) is 0 Å². The van der Waals surface area contributed by atoms with Crippen molar-refractivity contribution in [2.45, 2.75) is 25.9 Å². The minimum Gasteiger partial charge on any atom is -0.494 e. The van der Waals surface area contributed by atoms with E-state index in [1.807, 2.05) is 26.0 Å². The van der Waals surface area contributed by atoms with Crippen molar-refractivity contribution in [1.82, 2.24) is 14.1 Å². The van der Waals surface area contributed by atoms with Crippen LogP contribution in [0.2, 0.25) is 5.02 Å². The number of carbonyl (C=O) groups is 1. The second-order valence-corrected chi connectivity index (χ2v) is 10.3. The number of thioether (sulfide) groups is 1. The van der Waals surface area contributed by atoms with Gasteiger partial charge in [0.1, 0.15) is 10.4 Å². The number of nitrogens with zero attached hydrogens (tertiary/aromatic N) is 3. The van der Waals surface area contributed by atoms with Crippen molar-refractivity contribution in [2.24, 2.45) is 0 Å². The van der Waals surface area contributed by atoms with Gasteiger partial charge in [0.05, 0.1) is 24.7 Å². The molecular weight excluding hydrogens is 526 g/mol. The van der Waals surface area contributed by atoms with Crippen molar-refractivity contribution in [2.75, 3.05) is 19.0 Å². The normalized spacial score (nSPS) is 11.1. The van der Waals surface area contributed by atoms with Crippen molar-refractivity contribution >= 4 is 63.2 Å². The summed E-state index contributed by atoms with van der Waals surface area (Å²) < 4.78 is 14.7. The third kappa shape index (κ3) is 5.30. The Morgan fingerprint density at radius 2 is 1.83 bits per heavy atom. The first-order chi connectivity index (χ1) is 16.8. The zero-order valence-corrected chi connectivity index (χ0v) is 22.4. The van der Waals surface area contributed by atoms with Crippen LogP contribution in [0.5, 0.6) is 5.75 Å². The van der Waals surface area contributed by atoms with Crippen LogP contribution in [-0.2, 0) is 9.53 Å². The van der Waals surface area contributed by atoms with E-state index in [-0.39, 0.29) is 23.9 Å². The first-order valence-electron chi connectivity index (χ1n) is 10.8. The molecule has 0 saturated carbocycles. The van der Waals surface area contributed by atoms with Crippen molar-refractivity contribution in [3.63, 3.8) is 0 Å². The number of aromatic nitrogens is 3. The molecule has 0 aliphatic rings. The molecule has 7 nitrogen and oxygen atoms in total. The Bertz CT molecular complexity index is 1510. The van der Waals surface area contributed by atoms with E-state index in [1.165, 1.54) is 15.9 Å². The molecule has 4 rings (SSSR count). The molecule has 0 unspecified atom stereocenters. The van der Waals surface area contributed by atoms with Crippen molar-refractivity contribution in [1.29, 1.82) is 0 Å². The summed E-state index contributed by atoms with van der Waals surface area (Å²) in [5.41, 5.74) is 2.40. The van der Waals surface area contributed by atoms with Crippen LogP contribution >= 0.6 is 46.9 Å². The van der Waals surface area contributed by atoms with Crippen LogP contribution < -0.4 is 10.3 Å². The highest BCUT2D eigenvalue weighted by atomic mass is 35.5. The molecule has 0 bridgehead atoms. The third-order valence-corrected chi connectivity index (χ3v) is 7.69. The van der Waals surface area contributed by atoms with E-state index >= 15 is 0 Å². The number of esters is 1. The Morgan fingerprint density at radius 1 is 1.11 bits per heavy atom. The van der Waals surface area contributed by atoms with Gasteiger partial charge in [0, 0.05) is 10.7 Å². The van der Waals surface area contributed by atoms with Gasteiger partial charge in [0.2, 0.25) is 0 Å². The lowest BCUT2D eigenvalue weighted by Crippen LogP contribution is -2.22. The zero-order chi connectivity index (χ0) is 25.1. The molecule has 0 aliphatic carbocycles. The Kier molecular flexibility index (Phi) is 7.95. The Balaban J connectivity index is 1.92. The van der Waals surface area contributed by atoms with E-state index in [0.29, 0.717) is 42.5 Å². The minimum atomic E-state index is -0.388. The molecule has 0 radical (unpaired) electrons. The number of carbonyl (C=O) groups excluding carboxylic acids is 1. The Morgan fingerprint density at radius 3 is 2.49 bits per heavy atom. The number of hydrogen-bond donors (Lipinski definition) is 0. The second-order valence-electron chi connectivity index (χ2n) is 7.35. The SMILES string of the molecule is CCOC(=O)CSc1nc2c(sc(=S)n2-c2ccc(Cl)c(C)c2)c(=O)n1-c1ccc(OCC)cc1. The summed E-state index contributed by atoms with van der Waals surface area (Å²) in [6.07, 6.45) is 0. The maximum atomic E-state index is 13.7. The predicted molar refractivity (Wildman–Crippen MR) is 144 cm³/mol. The summed E-state index contributed by atoms with van der Waals surface area (Å²) in [5, 5.41) is 0.989. The Labute approximate surface area is 220 Å². The van der Waals surface area contributed by atoms with E-state index in [1.54, 1.807) is 41.8 Å². The highest BCUT2D eigenvalue weighted by molar-refractivity contribution is 7.99. The summed E-state index contributed by atoms with van der Waals surface area (Å²) in [7, 11) is 0. The van der Waals surface area contributed by atoms with Gasteiger partial charge in [-0.3, -0.25) is 18.7 Å². The van der Waals surface area contributed by atoms with E-state index in [4.69, 9.17) is 38.3 Å². The topological polar surface area (TPSA) is 75.4 Å². The molecule has 11 heteroatoms. The number of aryl methyl sites for hydroxylation is 1. The van der Waals surface area contributed by atoms with E-state index < -0.39 is 0 Å². The highest BCUT2D eigenvalue weighted by Gasteiger charge is 2.20. The van der Waals surface area contributed by atoms with Crippen LogP contribution in [0.25, 0.3) is 21.7 Å². The van der Waals surface area contributed by atoms with Gasteiger partial charge < -0.3 is 9.47 Å². The molecule has 182 valence electrons. The zero-order valence-electron chi connectivity index (χ0n) is 19.2. The third-order valence-electron chi connectivity index (χ3n) is 5.01. The monoisotopic (exact) mass is 547 g/mol. The summed E-state index contributed by atoms with van der Waals surface area (Å²) in [6, 6.07) is 12.7. The van der Waals surface area contributed by atoms with Gasteiger partial charge in [-0.2, -0.15) is 0 Å². The average molecular weight is 548 g/mol. The summed E-state index contributed by atoms with van der Waals surface area (Å²) >= 11 is 14.2. The molecule has 0 atom stereocenters. The number of fused-ring (bicyclic) bond motifs is 1. The summed E-state index contributed by atoms with van der Waals surface area (Å²) in [6.45, 7) is 6.36. The molecular formula is C24H22ClN3O4S3. The lowest BCUT2D eigenvalue weighted by Gasteiger charge is -2.13. The fraction of sp³-hybridized carbons (Fsp3) is 0.250. The number of ether oxygens (including phenoxy) is 2. The molecule has 2 aromatic carbocycles. The molecule has 0 saturated heterocycles. The molecule has 0 amide bonds. The van der Waals surface area contributed by atoms with Gasteiger partial charge in [0.15, 0.2) is 14.8 Å². The standard InChI is InChI=1S/C24H22ClN3O4S3/c1-4-31-17-9-6-15(7-10-17)28-22(30)20-21(26-23(28)34-13-19(29)32-5-2)27(24(33)35-20)16-8-11-18(25)14(3)12-16/h6-12H,4-5,13H2,1-3H3. The van der Waals surface area contributed by atoms with Crippen molar-refractivity contribution in [3.05, 3.63) is 67.4 Å². The van der Waals surface area contributed by atoms with Crippen LogP contribution in [0.1, 0.15) is 19.4 Å². The smallest absolute Gasteiger partial charge is 0.316 e. The Hall–Kier alpha value is -2.66. The van der Waals surface area contributed by atoms with Gasteiger partial charge in [-0.05, 0) is 81.0 Å². The van der Waals surface area contributed by atoms with Gasteiger partial charge in [-0.1, -0.05) is 34.7 Å². The maximum absolute atomic E-state index is 13.7. The minimum absolute atomic E-state index is 0.00768. The summed E-state index contributed by atoms with van der Waals surface area (Å²) in [4.78, 5) is 30.6. The lowest BCUT2D eigenvalue weighted by atomic mass is 10.2. The highest BCUT2D eigenvalue weighted by Crippen LogP contribution is 2.29. The quantitative estimate of drug-likeness (QED) is 0.116. The van der Waals surface area contributed by atoms with Crippen LogP contribution in [-0.4, -0.2) is 39.1 Å². The first kappa shape index (κ1) is 25.4. The largest absolute Gasteiger partial charge is 0.494 e. The molecule has 0 N–H and O–H groups in total. The number of halogens is 1. The number of rotatable bonds is 8. The number of thiazole rings is 1. The molecule has 0 aliphatic heterocycles. The van der Waals surface area contributed by atoms with E-state index in [2.05, 4.69) is 0 Å². The molecule has 0 fully saturated rings. The second kappa shape index (κ2) is 10.9. The molecule has 4 aromatic rings. The van der Waals surface area contributed by atoms with Gasteiger partial charge in [-0.15, -0.1) is 0 Å². The van der Waals surface area contributed by atoms with E-state index in [0.717, 1.165) is 23.0 Å². The fourth-order valence-electron chi connectivity index (χ4n) is 3.44. The van der Waals surface area contributed by atoms with Crippen LogP contribution in [0.15, 0.2) is 52.4 Å². The first-order valence-corrected chi connectivity index (χ1v) is 13.4. The lowest BCUT2D eigenvalue weighted by molar-refractivity contribution is -0.139. The average Bonchev–Trinajstić information content (AvgIpc) is 3.17. The van der Waals surface area contributed by atoms with Crippen LogP contribution in [0, 0.1) is 10.9 Å². The van der Waals surface area contributed by atoms with Gasteiger partial charge in [0.25, 0.3) is 5.56 Å². The summed E-state index contributed by atoms with van der Waals surface area (Å²) in [5.74, 6) is 0.313. The van der Waals surface area contributed by atoms with Gasteiger partial charge >= 0.3 is 5.97 Å². The number of hydrogen-bond acceptors (Lipinski definition) is 8.